The zero-order chi connectivity index (χ0) is 13.1. The smallest absolute Gasteiger partial charge is 0.306 e. The minimum absolute atomic E-state index is 0.0578. The molecule has 2 N–H and O–H groups in total. The van der Waals surface area contributed by atoms with Crippen LogP contribution in [0.4, 0.5) is 0 Å². The first-order chi connectivity index (χ1) is 8.56. The zero-order valence-electron chi connectivity index (χ0n) is 9.60. The van der Waals surface area contributed by atoms with Crippen molar-refractivity contribution in [3.63, 3.8) is 0 Å². The lowest BCUT2D eigenvalue weighted by Crippen LogP contribution is -2.33. The van der Waals surface area contributed by atoms with Gasteiger partial charge < -0.3 is 10.4 Å². The van der Waals surface area contributed by atoms with Crippen LogP contribution in [0.5, 0.6) is 0 Å². The summed E-state index contributed by atoms with van der Waals surface area (Å²) >= 11 is 3.25. The number of nitrogens with zero attached hydrogens (tertiary/aromatic N) is 1. The van der Waals surface area contributed by atoms with Crippen LogP contribution in [-0.4, -0.2) is 28.0 Å². The molecule has 1 heterocycles. The molecule has 0 bridgehead atoms. The van der Waals surface area contributed by atoms with Gasteiger partial charge in [0.15, 0.2) is 0 Å². The number of hydrogen-bond acceptors (Lipinski definition) is 3. The number of aliphatic carboxylic acids is 1. The van der Waals surface area contributed by atoms with Gasteiger partial charge in [0.25, 0.3) is 5.91 Å². The van der Waals surface area contributed by atoms with Gasteiger partial charge in [-0.25, -0.2) is 0 Å². The fourth-order valence-corrected chi connectivity index (χ4v) is 2.51. The van der Waals surface area contributed by atoms with Crippen LogP contribution in [0.15, 0.2) is 22.9 Å². The van der Waals surface area contributed by atoms with E-state index in [2.05, 4.69) is 26.2 Å². The van der Waals surface area contributed by atoms with E-state index < -0.39 is 5.97 Å². The molecule has 0 spiro atoms. The normalized spacial score (nSPS) is 22.7. The topological polar surface area (TPSA) is 79.3 Å². The Labute approximate surface area is 113 Å². The molecule has 0 aliphatic heterocycles. The minimum Gasteiger partial charge on any atom is -0.481 e. The van der Waals surface area contributed by atoms with Crippen LogP contribution in [0, 0.1) is 5.92 Å². The fourth-order valence-electron chi connectivity index (χ4n) is 2.14. The van der Waals surface area contributed by atoms with Crippen molar-refractivity contribution >= 4 is 27.8 Å². The highest BCUT2D eigenvalue weighted by Gasteiger charge is 2.30. The van der Waals surface area contributed by atoms with Gasteiger partial charge in [0, 0.05) is 22.9 Å². The third-order valence-electron chi connectivity index (χ3n) is 3.08. The highest BCUT2D eigenvalue weighted by atomic mass is 79.9. The first-order valence-corrected chi connectivity index (χ1v) is 6.50. The van der Waals surface area contributed by atoms with Crippen LogP contribution >= 0.6 is 15.9 Å². The Morgan fingerprint density at radius 1 is 1.39 bits per heavy atom. The van der Waals surface area contributed by atoms with E-state index in [1.54, 1.807) is 12.3 Å². The maximum Gasteiger partial charge on any atom is 0.306 e. The summed E-state index contributed by atoms with van der Waals surface area (Å²) in [6.45, 7) is 0. The molecule has 0 aromatic carbocycles. The van der Waals surface area contributed by atoms with E-state index in [0.717, 1.165) is 4.47 Å². The fraction of sp³-hybridized carbons (Fsp3) is 0.417. The largest absolute Gasteiger partial charge is 0.481 e. The predicted molar refractivity (Wildman–Crippen MR) is 68.2 cm³/mol. The average Bonchev–Trinajstić information content (AvgIpc) is 2.77. The van der Waals surface area contributed by atoms with Crippen LogP contribution in [0.25, 0.3) is 0 Å². The summed E-state index contributed by atoms with van der Waals surface area (Å²) in [6.07, 6.45) is 4.93. The summed E-state index contributed by atoms with van der Waals surface area (Å²) in [5, 5.41) is 11.7. The van der Waals surface area contributed by atoms with Crippen LogP contribution in [0.1, 0.15) is 29.6 Å². The monoisotopic (exact) mass is 312 g/mol. The highest BCUT2D eigenvalue weighted by Crippen LogP contribution is 2.25. The van der Waals surface area contributed by atoms with E-state index in [-0.39, 0.29) is 17.9 Å². The number of amides is 1. The first kappa shape index (κ1) is 13.0. The Bertz CT molecular complexity index is 478. The van der Waals surface area contributed by atoms with Crippen molar-refractivity contribution in [2.24, 2.45) is 5.92 Å². The Morgan fingerprint density at radius 3 is 2.78 bits per heavy atom. The summed E-state index contributed by atoms with van der Waals surface area (Å²) in [6, 6.07) is 1.63. The molecule has 1 saturated carbocycles. The summed E-state index contributed by atoms with van der Waals surface area (Å²) in [7, 11) is 0. The van der Waals surface area contributed by atoms with Gasteiger partial charge >= 0.3 is 5.97 Å². The summed E-state index contributed by atoms with van der Waals surface area (Å²) < 4.78 is 0.741. The quantitative estimate of drug-likeness (QED) is 0.892. The molecular formula is C12H13BrN2O3. The number of carboxylic acid groups (broad SMARTS) is 1. The maximum atomic E-state index is 11.9. The lowest BCUT2D eigenvalue weighted by atomic mass is 10.1. The lowest BCUT2D eigenvalue weighted by molar-refractivity contribution is -0.141. The van der Waals surface area contributed by atoms with E-state index in [9.17, 15) is 9.59 Å². The molecule has 18 heavy (non-hydrogen) atoms. The maximum absolute atomic E-state index is 11.9. The first-order valence-electron chi connectivity index (χ1n) is 5.70. The summed E-state index contributed by atoms with van der Waals surface area (Å²) in [5.41, 5.74) is 0.475. The molecular weight excluding hydrogens is 300 g/mol. The molecule has 0 radical (unpaired) electrons. The summed E-state index contributed by atoms with van der Waals surface area (Å²) in [4.78, 5) is 26.6. The number of carboxylic acids is 1. The highest BCUT2D eigenvalue weighted by molar-refractivity contribution is 9.10. The Morgan fingerprint density at radius 2 is 2.17 bits per heavy atom. The predicted octanol–water partition coefficient (Wildman–Crippen LogP) is 1.83. The van der Waals surface area contributed by atoms with Crippen molar-refractivity contribution in [3.05, 3.63) is 28.5 Å². The van der Waals surface area contributed by atoms with Crippen molar-refractivity contribution in [3.8, 4) is 0 Å². The zero-order valence-corrected chi connectivity index (χ0v) is 11.2. The minimum atomic E-state index is -0.782. The van der Waals surface area contributed by atoms with E-state index >= 15 is 0 Å². The Kier molecular flexibility index (Phi) is 3.96. The molecule has 1 aromatic heterocycles. The molecule has 96 valence electrons. The molecule has 1 aromatic rings. The molecule has 1 fully saturated rings. The van der Waals surface area contributed by atoms with Crippen molar-refractivity contribution in [2.45, 2.75) is 25.3 Å². The van der Waals surface area contributed by atoms with Gasteiger partial charge in [-0.2, -0.15) is 0 Å². The molecule has 2 rings (SSSR count). The van der Waals surface area contributed by atoms with Crippen molar-refractivity contribution in [2.75, 3.05) is 0 Å². The van der Waals surface area contributed by atoms with Gasteiger partial charge in [-0.15, -0.1) is 0 Å². The standard InChI is InChI=1S/C12H13BrN2O3/c13-9-3-8(5-14-6-9)11(16)15-10-2-1-7(4-10)12(17)18/h3,5-7,10H,1-2,4H2,(H,15,16)(H,17,18). The molecule has 0 saturated heterocycles. The van der Waals surface area contributed by atoms with E-state index in [4.69, 9.17) is 5.11 Å². The van der Waals surface area contributed by atoms with Crippen LogP contribution in [0.2, 0.25) is 0 Å². The van der Waals surface area contributed by atoms with E-state index in [1.807, 2.05) is 0 Å². The Hall–Kier alpha value is -1.43. The molecule has 2 atom stereocenters. The third kappa shape index (κ3) is 3.07. The van der Waals surface area contributed by atoms with Gasteiger partial charge in [0.2, 0.25) is 0 Å². The number of halogens is 1. The second-order valence-electron chi connectivity index (χ2n) is 4.41. The van der Waals surface area contributed by atoms with Gasteiger partial charge in [-0.3, -0.25) is 14.6 Å². The Balaban J connectivity index is 1.95. The second-order valence-corrected chi connectivity index (χ2v) is 5.33. The van der Waals surface area contributed by atoms with Gasteiger partial charge in [-0.1, -0.05) is 0 Å². The van der Waals surface area contributed by atoms with Crippen molar-refractivity contribution < 1.29 is 14.7 Å². The van der Waals surface area contributed by atoms with Crippen LogP contribution in [0.3, 0.4) is 0 Å². The van der Waals surface area contributed by atoms with Crippen LogP contribution in [-0.2, 0) is 4.79 Å². The second kappa shape index (κ2) is 5.48. The van der Waals surface area contributed by atoms with Gasteiger partial charge in [-0.05, 0) is 41.3 Å². The number of carbonyl (C=O) groups is 2. The molecule has 6 heteroatoms. The van der Waals surface area contributed by atoms with Gasteiger partial charge in [0.1, 0.15) is 0 Å². The number of pyridine rings is 1. The van der Waals surface area contributed by atoms with Crippen molar-refractivity contribution in [1.82, 2.24) is 10.3 Å². The number of carbonyl (C=O) groups excluding carboxylic acids is 1. The average molecular weight is 313 g/mol. The molecule has 2 unspecified atom stereocenters. The molecule has 1 aliphatic carbocycles. The van der Waals surface area contributed by atoms with E-state index in [0.29, 0.717) is 24.8 Å². The summed E-state index contributed by atoms with van der Waals surface area (Å²) in [5.74, 6) is -1.33. The number of aromatic nitrogens is 1. The third-order valence-corrected chi connectivity index (χ3v) is 3.52. The molecule has 5 nitrogen and oxygen atoms in total. The molecule has 1 amide bonds. The number of hydrogen-bond donors (Lipinski definition) is 2. The number of rotatable bonds is 3. The number of nitrogens with one attached hydrogen (secondary N) is 1. The lowest BCUT2D eigenvalue weighted by Gasteiger charge is -2.12. The van der Waals surface area contributed by atoms with Crippen molar-refractivity contribution in [1.29, 1.82) is 0 Å². The molecule has 1 aliphatic rings. The SMILES string of the molecule is O=C(NC1CCC(C(=O)O)C1)c1cncc(Br)c1. The van der Waals surface area contributed by atoms with Crippen LogP contribution < -0.4 is 5.32 Å². The van der Waals surface area contributed by atoms with E-state index in [1.165, 1.54) is 6.20 Å². The van der Waals surface area contributed by atoms with Gasteiger partial charge in [0.05, 0.1) is 11.5 Å².